The standard InChI is InChI=1S/C15H16N4O4/c20-13(11-4-5-12(23-11)14(21)22)18-10-3-1-8-19(9-10)15-16-6-2-7-17-15/h2,4-7,10H,1,3,8-9H2,(H,18,20)(H,21,22)/t10-/m0/s1. The average Bonchev–Trinajstić information content (AvgIpc) is 3.06. The lowest BCUT2D eigenvalue weighted by molar-refractivity contribution is 0.0659. The molecule has 1 atom stereocenters. The van der Waals surface area contributed by atoms with Gasteiger partial charge in [0.05, 0.1) is 0 Å². The number of aromatic carboxylic acids is 1. The molecule has 2 aromatic rings. The number of hydrogen-bond donors (Lipinski definition) is 2. The van der Waals surface area contributed by atoms with Gasteiger partial charge in [-0.05, 0) is 31.0 Å². The van der Waals surface area contributed by atoms with E-state index < -0.39 is 11.9 Å². The van der Waals surface area contributed by atoms with Gasteiger partial charge in [-0.2, -0.15) is 0 Å². The van der Waals surface area contributed by atoms with E-state index in [0.717, 1.165) is 19.4 Å². The van der Waals surface area contributed by atoms with Crippen LogP contribution in [0.3, 0.4) is 0 Å². The Hall–Kier alpha value is -2.90. The lowest BCUT2D eigenvalue weighted by Crippen LogP contribution is -2.48. The molecule has 0 aliphatic carbocycles. The van der Waals surface area contributed by atoms with Gasteiger partial charge in [-0.3, -0.25) is 4.79 Å². The number of anilines is 1. The molecule has 1 saturated heterocycles. The van der Waals surface area contributed by atoms with Crippen molar-refractivity contribution in [1.82, 2.24) is 15.3 Å². The normalized spacial score (nSPS) is 17.7. The van der Waals surface area contributed by atoms with Gasteiger partial charge in [0, 0.05) is 31.5 Å². The van der Waals surface area contributed by atoms with Crippen LogP contribution in [0.15, 0.2) is 35.0 Å². The van der Waals surface area contributed by atoms with E-state index in [1.165, 1.54) is 12.1 Å². The number of carboxylic acid groups (broad SMARTS) is 1. The predicted molar refractivity (Wildman–Crippen MR) is 80.4 cm³/mol. The van der Waals surface area contributed by atoms with E-state index in [1.807, 2.05) is 4.90 Å². The first-order chi connectivity index (χ1) is 11.1. The maximum absolute atomic E-state index is 12.1. The van der Waals surface area contributed by atoms with Crippen molar-refractivity contribution in [1.29, 1.82) is 0 Å². The van der Waals surface area contributed by atoms with E-state index in [1.54, 1.807) is 18.5 Å². The quantitative estimate of drug-likeness (QED) is 0.871. The van der Waals surface area contributed by atoms with Gasteiger partial charge in [-0.25, -0.2) is 14.8 Å². The summed E-state index contributed by atoms with van der Waals surface area (Å²) in [6.45, 7) is 1.43. The van der Waals surface area contributed by atoms with Crippen LogP contribution < -0.4 is 10.2 Å². The third-order valence-electron chi connectivity index (χ3n) is 3.63. The van der Waals surface area contributed by atoms with Gasteiger partial charge >= 0.3 is 5.97 Å². The van der Waals surface area contributed by atoms with E-state index in [9.17, 15) is 9.59 Å². The minimum Gasteiger partial charge on any atom is -0.475 e. The van der Waals surface area contributed by atoms with Gasteiger partial charge in [-0.15, -0.1) is 0 Å². The highest BCUT2D eigenvalue weighted by atomic mass is 16.4. The highest BCUT2D eigenvalue weighted by Crippen LogP contribution is 2.16. The van der Waals surface area contributed by atoms with Crippen molar-refractivity contribution in [3.63, 3.8) is 0 Å². The molecule has 2 N–H and O–H groups in total. The molecule has 1 aliphatic heterocycles. The summed E-state index contributed by atoms with van der Waals surface area (Å²) in [5.74, 6) is -1.24. The Labute approximate surface area is 132 Å². The van der Waals surface area contributed by atoms with Gasteiger partial charge in [0.15, 0.2) is 5.76 Å². The van der Waals surface area contributed by atoms with Gasteiger partial charge in [0.2, 0.25) is 11.7 Å². The topological polar surface area (TPSA) is 109 Å². The van der Waals surface area contributed by atoms with Crippen LogP contribution in [0.2, 0.25) is 0 Å². The monoisotopic (exact) mass is 316 g/mol. The van der Waals surface area contributed by atoms with E-state index in [-0.39, 0.29) is 17.6 Å². The number of nitrogens with zero attached hydrogens (tertiary/aromatic N) is 3. The van der Waals surface area contributed by atoms with Crippen LogP contribution in [0.1, 0.15) is 34.0 Å². The van der Waals surface area contributed by atoms with Crippen molar-refractivity contribution >= 4 is 17.8 Å². The average molecular weight is 316 g/mol. The summed E-state index contributed by atoms with van der Waals surface area (Å²) in [6.07, 6.45) is 5.10. The van der Waals surface area contributed by atoms with E-state index in [4.69, 9.17) is 9.52 Å². The number of carbonyl (C=O) groups is 2. The number of hydrogen-bond acceptors (Lipinski definition) is 6. The van der Waals surface area contributed by atoms with Crippen LogP contribution in [-0.4, -0.2) is 46.1 Å². The Kier molecular flexibility index (Phi) is 4.22. The number of amides is 1. The molecule has 8 heteroatoms. The zero-order chi connectivity index (χ0) is 16.2. The fourth-order valence-electron chi connectivity index (χ4n) is 2.56. The molecule has 2 aromatic heterocycles. The number of furan rings is 1. The molecule has 0 saturated carbocycles. The molecular formula is C15H16N4O4. The zero-order valence-corrected chi connectivity index (χ0v) is 12.3. The number of carbonyl (C=O) groups excluding carboxylic acids is 1. The van der Waals surface area contributed by atoms with Gasteiger partial charge in [-0.1, -0.05) is 0 Å². The van der Waals surface area contributed by atoms with E-state index in [2.05, 4.69) is 15.3 Å². The van der Waals surface area contributed by atoms with Crippen LogP contribution in [0, 0.1) is 0 Å². The third kappa shape index (κ3) is 3.47. The van der Waals surface area contributed by atoms with Crippen molar-refractivity contribution in [3.05, 3.63) is 42.1 Å². The summed E-state index contributed by atoms with van der Waals surface area (Å²) in [5.41, 5.74) is 0. The highest BCUT2D eigenvalue weighted by Gasteiger charge is 2.24. The Morgan fingerprint density at radius 1 is 1.26 bits per heavy atom. The second-order valence-corrected chi connectivity index (χ2v) is 5.28. The third-order valence-corrected chi connectivity index (χ3v) is 3.63. The smallest absolute Gasteiger partial charge is 0.371 e. The fraction of sp³-hybridized carbons (Fsp3) is 0.333. The molecule has 3 heterocycles. The van der Waals surface area contributed by atoms with Crippen LogP contribution in [0.25, 0.3) is 0 Å². The van der Waals surface area contributed by atoms with Crippen LogP contribution in [-0.2, 0) is 0 Å². The van der Waals surface area contributed by atoms with Crippen molar-refractivity contribution in [2.45, 2.75) is 18.9 Å². The summed E-state index contributed by atoms with van der Waals surface area (Å²) in [7, 11) is 0. The lowest BCUT2D eigenvalue weighted by Gasteiger charge is -2.32. The molecule has 120 valence electrons. The number of carboxylic acids is 1. The molecule has 0 spiro atoms. The number of aromatic nitrogens is 2. The summed E-state index contributed by atoms with van der Waals surface area (Å²) >= 11 is 0. The van der Waals surface area contributed by atoms with Gasteiger partial charge in [0.1, 0.15) is 0 Å². The molecule has 3 rings (SSSR count). The second kappa shape index (κ2) is 6.47. The molecule has 1 amide bonds. The fourth-order valence-corrected chi connectivity index (χ4v) is 2.56. The zero-order valence-electron chi connectivity index (χ0n) is 12.3. The van der Waals surface area contributed by atoms with Crippen molar-refractivity contribution < 1.29 is 19.1 Å². The molecule has 1 aliphatic rings. The number of piperidine rings is 1. The first kappa shape index (κ1) is 15.0. The maximum atomic E-state index is 12.1. The number of rotatable bonds is 4. The molecule has 8 nitrogen and oxygen atoms in total. The molecule has 0 bridgehead atoms. The van der Waals surface area contributed by atoms with Gasteiger partial charge < -0.3 is 19.7 Å². The Bertz CT molecular complexity index is 701. The molecular weight excluding hydrogens is 300 g/mol. The predicted octanol–water partition coefficient (Wildman–Crippen LogP) is 1.17. The Morgan fingerprint density at radius 2 is 2.00 bits per heavy atom. The molecule has 23 heavy (non-hydrogen) atoms. The first-order valence-electron chi connectivity index (χ1n) is 7.29. The SMILES string of the molecule is O=C(O)c1ccc(C(=O)N[C@H]2CCCN(c3ncccn3)C2)o1. The van der Waals surface area contributed by atoms with E-state index >= 15 is 0 Å². The second-order valence-electron chi connectivity index (χ2n) is 5.28. The Balaban J connectivity index is 1.63. The summed E-state index contributed by atoms with van der Waals surface area (Å²) in [4.78, 5) is 33.4. The highest BCUT2D eigenvalue weighted by molar-refractivity contribution is 5.93. The molecule has 0 aromatic carbocycles. The molecule has 0 radical (unpaired) electrons. The van der Waals surface area contributed by atoms with Crippen molar-refractivity contribution in [2.75, 3.05) is 18.0 Å². The van der Waals surface area contributed by atoms with Crippen LogP contribution in [0.4, 0.5) is 5.95 Å². The Morgan fingerprint density at radius 3 is 2.70 bits per heavy atom. The van der Waals surface area contributed by atoms with Crippen LogP contribution in [0.5, 0.6) is 0 Å². The van der Waals surface area contributed by atoms with Gasteiger partial charge in [0.25, 0.3) is 5.91 Å². The largest absolute Gasteiger partial charge is 0.475 e. The minimum absolute atomic E-state index is 0.00418. The maximum Gasteiger partial charge on any atom is 0.371 e. The van der Waals surface area contributed by atoms with Crippen molar-refractivity contribution in [3.8, 4) is 0 Å². The molecule has 1 fully saturated rings. The van der Waals surface area contributed by atoms with E-state index in [0.29, 0.717) is 12.5 Å². The summed E-state index contributed by atoms with van der Waals surface area (Å²) in [5, 5.41) is 11.7. The summed E-state index contributed by atoms with van der Waals surface area (Å²) in [6, 6.07) is 4.31. The first-order valence-corrected chi connectivity index (χ1v) is 7.29. The summed E-state index contributed by atoms with van der Waals surface area (Å²) < 4.78 is 5.01. The number of nitrogens with one attached hydrogen (secondary N) is 1. The lowest BCUT2D eigenvalue weighted by atomic mass is 10.1. The van der Waals surface area contributed by atoms with Crippen molar-refractivity contribution in [2.24, 2.45) is 0 Å². The minimum atomic E-state index is -1.20. The van der Waals surface area contributed by atoms with Crippen LogP contribution >= 0.6 is 0 Å². The molecule has 0 unspecified atom stereocenters.